The molecule has 0 atom stereocenters. The molecule has 0 amide bonds. The monoisotopic (exact) mass is 688 g/mol. The number of aromatic nitrogens is 6. The van der Waals surface area contributed by atoms with Crippen molar-refractivity contribution in [1.82, 2.24) is 28.7 Å². The van der Waals surface area contributed by atoms with Crippen molar-refractivity contribution in [3.05, 3.63) is 145 Å². The van der Waals surface area contributed by atoms with Gasteiger partial charge in [-0.3, -0.25) is 4.57 Å². The van der Waals surface area contributed by atoms with Crippen molar-refractivity contribution in [3.8, 4) is 17.3 Å². The van der Waals surface area contributed by atoms with Gasteiger partial charge in [-0.1, -0.05) is 106 Å². The highest BCUT2D eigenvalue weighted by atomic mass is 15.2. The summed E-state index contributed by atoms with van der Waals surface area (Å²) < 4.78 is 7.13. The van der Waals surface area contributed by atoms with Gasteiger partial charge in [-0.25, -0.2) is 4.98 Å². The highest BCUT2D eigenvalue weighted by molar-refractivity contribution is 6.26. The van der Waals surface area contributed by atoms with Crippen molar-refractivity contribution in [2.45, 2.75) is 52.4 Å². The minimum absolute atomic E-state index is 0.709. The molecular formula is C47H40N6. The molecule has 0 radical (unpaired) electrons. The fourth-order valence-electron chi connectivity index (χ4n) is 8.40. The summed E-state index contributed by atoms with van der Waals surface area (Å²) in [7, 11) is 0. The number of para-hydroxylation sites is 4. The minimum Gasteiger partial charge on any atom is -0.309 e. The molecule has 0 saturated carbocycles. The largest absolute Gasteiger partial charge is 0.309 e. The molecule has 6 nitrogen and oxygen atoms in total. The molecule has 0 aliphatic rings. The van der Waals surface area contributed by atoms with Crippen LogP contribution in [0, 0.1) is 0 Å². The maximum absolute atomic E-state index is 5.15. The molecule has 0 bridgehead atoms. The molecule has 4 heterocycles. The zero-order chi connectivity index (χ0) is 35.5. The Morgan fingerprint density at radius 3 is 1.64 bits per heavy atom. The van der Waals surface area contributed by atoms with E-state index in [0.29, 0.717) is 5.95 Å². The smallest absolute Gasteiger partial charge is 0.238 e. The molecule has 0 fully saturated rings. The van der Waals surface area contributed by atoms with E-state index in [2.05, 4.69) is 161 Å². The lowest BCUT2D eigenvalue weighted by molar-refractivity contribution is 0.691. The summed E-state index contributed by atoms with van der Waals surface area (Å²) in [5.74, 6) is 2.47. The zero-order valence-corrected chi connectivity index (χ0v) is 30.1. The number of hydrogen-bond acceptors (Lipinski definition) is 3. The predicted molar refractivity (Wildman–Crippen MR) is 220 cm³/mol. The van der Waals surface area contributed by atoms with Crippen LogP contribution >= 0.6 is 0 Å². The van der Waals surface area contributed by atoms with Gasteiger partial charge in [-0.2, -0.15) is 9.97 Å². The third kappa shape index (κ3) is 4.96. The van der Waals surface area contributed by atoms with E-state index in [0.717, 1.165) is 72.6 Å². The van der Waals surface area contributed by atoms with Crippen molar-refractivity contribution >= 4 is 65.4 Å². The van der Waals surface area contributed by atoms with Crippen molar-refractivity contribution in [3.63, 3.8) is 0 Å². The molecule has 53 heavy (non-hydrogen) atoms. The number of unbranched alkanes of at least 4 members (excludes halogenated alkanes) is 2. The van der Waals surface area contributed by atoms with Crippen LogP contribution in [0.3, 0.4) is 0 Å². The Kier molecular flexibility index (Phi) is 7.57. The van der Waals surface area contributed by atoms with Crippen LogP contribution in [0.1, 0.15) is 51.2 Å². The number of nitrogens with zero attached hydrogens (tertiary/aromatic N) is 6. The lowest BCUT2D eigenvalue weighted by Gasteiger charge is -2.12. The van der Waals surface area contributed by atoms with Crippen LogP contribution in [-0.4, -0.2) is 28.7 Å². The van der Waals surface area contributed by atoms with E-state index in [-0.39, 0.29) is 0 Å². The molecule has 258 valence electrons. The van der Waals surface area contributed by atoms with Crippen LogP contribution < -0.4 is 0 Å². The molecule has 6 heteroatoms. The molecule has 0 unspecified atom stereocenters. The molecule has 0 aliphatic heterocycles. The van der Waals surface area contributed by atoms with Crippen molar-refractivity contribution < 1.29 is 0 Å². The van der Waals surface area contributed by atoms with Crippen molar-refractivity contribution in [2.75, 3.05) is 0 Å². The predicted octanol–water partition coefficient (Wildman–Crippen LogP) is 11.8. The maximum atomic E-state index is 5.15. The summed E-state index contributed by atoms with van der Waals surface area (Å²) in [6.07, 6.45) is 6.01. The van der Waals surface area contributed by atoms with Gasteiger partial charge < -0.3 is 9.13 Å². The van der Waals surface area contributed by atoms with E-state index < -0.39 is 0 Å². The molecule has 10 aromatic rings. The summed E-state index contributed by atoms with van der Waals surface area (Å²) in [6, 6.07) is 48.5. The van der Waals surface area contributed by atoms with E-state index in [1.165, 1.54) is 54.4 Å². The molecule has 0 saturated heterocycles. The van der Waals surface area contributed by atoms with Crippen molar-refractivity contribution in [1.29, 1.82) is 0 Å². The molecule has 6 aromatic carbocycles. The zero-order valence-electron chi connectivity index (χ0n) is 30.1. The second-order valence-electron chi connectivity index (χ2n) is 14.1. The highest BCUT2D eigenvalue weighted by Crippen LogP contribution is 2.42. The first-order valence-corrected chi connectivity index (χ1v) is 19.0. The van der Waals surface area contributed by atoms with E-state index >= 15 is 0 Å². The van der Waals surface area contributed by atoms with Gasteiger partial charge in [-0.05, 0) is 67.4 Å². The fourth-order valence-corrected chi connectivity index (χ4v) is 8.40. The summed E-state index contributed by atoms with van der Waals surface area (Å²) in [6.45, 7) is 4.44. The quantitative estimate of drug-likeness (QED) is 0.152. The molecule has 10 rings (SSSR count). The van der Waals surface area contributed by atoms with Gasteiger partial charge in [0.05, 0.1) is 33.1 Å². The lowest BCUT2D eigenvalue weighted by atomic mass is 10.1. The van der Waals surface area contributed by atoms with E-state index in [9.17, 15) is 0 Å². The Balaban J connectivity index is 1.29. The Hall–Kier alpha value is -6.27. The minimum atomic E-state index is 0.709. The van der Waals surface area contributed by atoms with Crippen LogP contribution in [0.15, 0.2) is 133 Å². The van der Waals surface area contributed by atoms with Gasteiger partial charge in [0.2, 0.25) is 5.95 Å². The molecule has 0 aliphatic carbocycles. The van der Waals surface area contributed by atoms with Gasteiger partial charge >= 0.3 is 0 Å². The highest BCUT2D eigenvalue weighted by Gasteiger charge is 2.23. The second kappa shape index (κ2) is 12.7. The first-order valence-electron chi connectivity index (χ1n) is 19.0. The normalized spacial score (nSPS) is 12.0. The third-order valence-electron chi connectivity index (χ3n) is 10.8. The van der Waals surface area contributed by atoms with Gasteiger partial charge in [0.25, 0.3) is 0 Å². The van der Waals surface area contributed by atoms with Crippen LogP contribution in [0.5, 0.6) is 0 Å². The first-order chi connectivity index (χ1) is 26.2. The van der Waals surface area contributed by atoms with Gasteiger partial charge in [0.1, 0.15) is 11.6 Å². The number of hydrogen-bond donors (Lipinski definition) is 0. The van der Waals surface area contributed by atoms with Crippen molar-refractivity contribution in [2.24, 2.45) is 0 Å². The molecule has 4 aromatic heterocycles. The lowest BCUT2D eigenvalue weighted by Crippen LogP contribution is -2.10. The molecule has 0 spiro atoms. The number of benzene rings is 6. The van der Waals surface area contributed by atoms with Gasteiger partial charge in [0, 0.05) is 56.5 Å². The van der Waals surface area contributed by atoms with Crippen LogP contribution in [0.25, 0.3) is 82.7 Å². The second-order valence-corrected chi connectivity index (χ2v) is 14.1. The van der Waals surface area contributed by atoms with E-state index in [1.807, 2.05) is 0 Å². The standard InChI is InChI=1S/C47H40N6/c1-3-5-24-43-48-44(25-6-4-2)50-47(49-43)53-40-23-15-12-20-36(40)45-42(53)29-27-35-33-18-10-14-22-39(33)52(46(35)45)32-26-28-41-37(30-32)34-19-11-13-21-38(34)51(41)31-16-8-7-9-17-31/h7-23,26-30H,3-6,24-25H2,1-2H3. The Labute approximate surface area is 308 Å². The van der Waals surface area contributed by atoms with E-state index in [1.54, 1.807) is 0 Å². The van der Waals surface area contributed by atoms with Gasteiger partial charge in [0.15, 0.2) is 0 Å². The average molecular weight is 689 g/mol. The Bertz CT molecular complexity index is 2960. The summed E-state index contributed by atoms with van der Waals surface area (Å²) in [5, 5.41) is 7.31. The summed E-state index contributed by atoms with van der Waals surface area (Å²) in [5.41, 5.74) is 9.25. The molecular weight excluding hydrogens is 649 g/mol. The van der Waals surface area contributed by atoms with Crippen LogP contribution in [0.2, 0.25) is 0 Å². The summed E-state index contributed by atoms with van der Waals surface area (Å²) in [4.78, 5) is 15.2. The molecule has 0 N–H and O–H groups in total. The first kappa shape index (κ1) is 31.5. The SMILES string of the molecule is CCCCc1nc(CCCC)nc(-n2c3ccccc3c3c2ccc2c4ccccc4n(-c4ccc5c(c4)c4ccccc4n5-c4ccccc4)c23)n1. The van der Waals surface area contributed by atoms with Crippen LogP contribution in [-0.2, 0) is 12.8 Å². The fraction of sp³-hybridized carbons (Fsp3) is 0.170. The Morgan fingerprint density at radius 1 is 0.415 bits per heavy atom. The summed E-state index contributed by atoms with van der Waals surface area (Å²) >= 11 is 0. The average Bonchev–Trinajstić information content (AvgIpc) is 3.85. The van der Waals surface area contributed by atoms with Crippen LogP contribution in [0.4, 0.5) is 0 Å². The van der Waals surface area contributed by atoms with Gasteiger partial charge in [-0.15, -0.1) is 0 Å². The Morgan fingerprint density at radius 2 is 0.962 bits per heavy atom. The maximum Gasteiger partial charge on any atom is 0.238 e. The topological polar surface area (TPSA) is 53.5 Å². The number of fused-ring (bicyclic) bond motifs is 10. The number of rotatable bonds is 9. The third-order valence-corrected chi connectivity index (χ3v) is 10.8. The number of aryl methyl sites for hydroxylation is 2. The van der Waals surface area contributed by atoms with E-state index in [4.69, 9.17) is 15.0 Å².